The molecular weight excluding hydrogens is 316 g/mol. The Balaban J connectivity index is 1.85. The first kappa shape index (κ1) is 16.6. The fraction of sp³-hybridized carbons (Fsp3) is 0.150. The van der Waals surface area contributed by atoms with Gasteiger partial charge in [-0.25, -0.2) is 0 Å². The molecular formula is C20H18N2O3. The first-order valence-corrected chi connectivity index (χ1v) is 8.05. The van der Waals surface area contributed by atoms with Crippen LogP contribution in [-0.2, 0) is 0 Å². The average Bonchev–Trinajstić information content (AvgIpc) is 2.85. The summed E-state index contributed by atoms with van der Waals surface area (Å²) in [6, 6.07) is 13.6. The van der Waals surface area contributed by atoms with E-state index in [0.717, 1.165) is 10.6 Å². The number of nitrogens with one attached hydrogen (secondary N) is 1. The van der Waals surface area contributed by atoms with E-state index in [9.17, 15) is 14.4 Å². The molecule has 1 aliphatic rings. The van der Waals surface area contributed by atoms with E-state index in [4.69, 9.17) is 0 Å². The number of benzene rings is 2. The van der Waals surface area contributed by atoms with Crippen LogP contribution in [0.3, 0.4) is 0 Å². The van der Waals surface area contributed by atoms with Gasteiger partial charge in [-0.05, 0) is 29.7 Å². The van der Waals surface area contributed by atoms with E-state index in [1.165, 1.54) is 0 Å². The quantitative estimate of drug-likeness (QED) is 0.873. The molecule has 5 heteroatoms. The number of amides is 3. The number of rotatable bonds is 4. The van der Waals surface area contributed by atoms with E-state index >= 15 is 0 Å². The van der Waals surface area contributed by atoms with Crippen LogP contribution in [0.1, 0.15) is 50.5 Å². The molecule has 5 nitrogen and oxygen atoms in total. The monoisotopic (exact) mass is 334 g/mol. The molecule has 0 bridgehead atoms. The summed E-state index contributed by atoms with van der Waals surface area (Å²) < 4.78 is 0. The highest BCUT2D eigenvalue weighted by Crippen LogP contribution is 2.21. The van der Waals surface area contributed by atoms with E-state index < -0.39 is 17.7 Å². The SMILES string of the molecule is CC(C)/C=C/c1ccccc1C(=O)NN1C(=O)c2ccccc2C1=O. The Labute approximate surface area is 145 Å². The smallest absolute Gasteiger partial charge is 0.267 e. The number of hydrogen-bond acceptors (Lipinski definition) is 3. The van der Waals surface area contributed by atoms with E-state index in [1.54, 1.807) is 36.4 Å². The lowest BCUT2D eigenvalue weighted by Gasteiger charge is -2.16. The van der Waals surface area contributed by atoms with Crippen LogP contribution in [0.5, 0.6) is 0 Å². The maximum Gasteiger partial charge on any atom is 0.280 e. The molecule has 0 atom stereocenters. The summed E-state index contributed by atoms with van der Waals surface area (Å²) >= 11 is 0. The van der Waals surface area contributed by atoms with Gasteiger partial charge in [-0.3, -0.25) is 19.8 Å². The third kappa shape index (κ3) is 3.21. The number of carbonyl (C=O) groups excluding carboxylic acids is 3. The second kappa shape index (κ2) is 6.73. The van der Waals surface area contributed by atoms with Crippen LogP contribution >= 0.6 is 0 Å². The molecule has 0 radical (unpaired) electrons. The van der Waals surface area contributed by atoms with E-state index in [-0.39, 0.29) is 0 Å². The van der Waals surface area contributed by atoms with E-state index in [2.05, 4.69) is 5.43 Å². The van der Waals surface area contributed by atoms with Gasteiger partial charge >= 0.3 is 0 Å². The molecule has 2 aromatic carbocycles. The number of allylic oxidation sites excluding steroid dienone is 1. The third-order valence-corrected chi connectivity index (χ3v) is 3.87. The lowest BCUT2D eigenvalue weighted by atomic mass is 10.0. The van der Waals surface area contributed by atoms with Crippen molar-refractivity contribution in [1.82, 2.24) is 10.4 Å². The van der Waals surface area contributed by atoms with Crippen molar-refractivity contribution in [2.45, 2.75) is 13.8 Å². The fourth-order valence-corrected chi connectivity index (χ4v) is 2.60. The second-order valence-corrected chi connectivity index (χ2v) is 6.12. The van der Waals surface area contributed by atoms with Crippen LogP contribution in [0, 0.1) is 5.92 Å². The topological polar surface area (TPSA) is 66.5 Å². The van der Waals surface area contributed by atoms with E-state index in [0.29, 0.717) is 22.6 Å². The van der Waals surface area contributed by atoms with Crippen molar-refractivity contribution in [1.29, 1.82) is 0 Å². The minimum absolute atomic E-state index is 0.292. The number of carbonyl (C=O) groups is 3. The maximum atomic E-state index is 12.6. The number of hydrazine groups is 1. The highest BCUT2D eigenvalue weighted by molar-refractivity contribution is 6.22. The highest BCUT2D eigenvalue weighted by atomic mass is 16.2. The van der Waals surface area contributed by atoms with Crippen LogP contribution in [0.15, 0.2) is 54.6 Å². The number of fused-ring (bicyclic) bond motifs is 1. The van der Waals surface area contributed by atoms with E-state index in [1.807, 2.05) is 38.1 Å². The average molecular weight is 334 g/mol. The molecule has 0 aliphatic carbocycles. The van der Waals surface area contributed by atoms with Crippen LogP contribution in [0.25, 0.3) is 6.08 Å². The number of imide groups is 1. The fourth-order valence-electron chi connectivity index (χ4n) is 2.60. The van der Waals surface area contributed by atoms with Crippen molar-refractivity contribution >= 4 is 23.8 Å². The highest BCUT2D eigenvalue weighted by Gasteiger charge is 2.36. The molecule has 126 valence electrons. The summed E-state index contributed by atoms with van der Waals surface area (Å²) in [6.07, 6.45) is 3.84. The Hall–Kier alpha value is -3.21. The van der Waals surface area contributed by atoms with Crippen molar-refractivity contribution in [2.75, 3.05) is 0 Å². The standard InChI is InChI=1S/C20H18N2O3/c1-13(2)11-12-14-7-3-4-8-15(14)18(23)21-22-19(24)16-9-5-6-10-17(16)20(22)25/h3-13H,1-2H3,(H,21,23)/b12-11+. The van der Waals surface area contributed by atoms with Crippen molar-refractivity contribution in [3.05, 3.63) is 76.9 Å². The van der Waals surface area contributed by atoms with Gasteiger partial charge < -0.3 is 0 Å². The maximum absolute atomic E-state index is 12.6. The molecule has 2 aromatic rings. The van der Waals surface area contributed by atoms with Gasteiger partial charge in [0.25, 0.3) is 17.7 Å². The van der Waals surface area contributed by atoms with Gasteiger partial charge in [0.15, 0.2) is 0 Å². The molecule has 0 aromatic heterocycles. The summed E-state index contributed by atoms with van der Waals surface area (Å²) in [5.74, 6) is -1.21. The molecule has 0 saturated heterocycles. The molecule has 3 amide bonds. The first-order valence-electron chi connectivity index (χ1n) is 8.05. The van der Waals surface area contributed by atoms with Gasteiger partial charge in [-0.15, -0.1) is 0 Å². The van der Waals surface area contributed by atoms with Crippen molar-refractivity contribution < 1.29 is 14.4 Å². The summed E-state index contributed by atoms with van der Waals surface area (Å²) in [5, 5.41) is 0.774. The summed E-state index contributed by atoms with van der Waals surface area (Å²) in [7, 11) is 0. The zero-order chi connectivity index (χ0) is 18.0. The van der Waals surface area contributed by atoms with Gasteiger partial charge in [0.1, 0.15) is 0 Å². The summed E-state index contributed by atoms with van der Waals surface area (Å²) in [6.45, 7) is 4.08. The van der Waals surface area contributed by atoms with Crippen LogP contribution < -0.4 is 5.43 Å². The van der Waals surface area contributed by atoms with Crippen molar-refractivity contribution in [3.63, 3.8) is 0 Å². The third-order valence-electron chi connectivity index (χ3n) is 3.87. The lowest BCUT2D eigenvalue weighted by molar-refractivity contribution is 0.0518. The summed E-state index contributed by atoms with van der Waals surface area (Å²) in [5.41, 5.74) is 4.14. The Bertz CT molecular complexity index is 849. The Kier molecular flexibility index (Phi) is 4.48. The Morgan fingerprint density at radius 1 is 0.960 bits per heavy atom. The molecule has 0 saturated carbocycles. The van der Waals surface area contributed by atoms with Crippen LogP contribution in [0.4, 0.5) is 0 Å². The van der Waals surface area contributed by atoms with Gasteiger partial charge in [0.05, 0.1) is 11.1 Å². The zero-order valence-corrected chi connectivity index (χ0v) is 14.0. The predicted octanol–water partition coefficient (Wildman–Crippen LogP) is 3.30. The first-order chi connectivity index (χ1) is 12.0. The van der Waals surface area contributed by atoms with Gasteiger partial charge in [-0.1, -0.05) is 56.3 Å². The Morgan fingerprint density at radius 2 is 1.52 bits per heavy atom. The Morgan fingerprint density at radius 3 is 2.12 bits per heavy atom. The molecule has 0 spiro atoms. The van der Waals surface area contributed by atoms with Gasteiger partial charge in [0.2, 0.25) is 0 Å². The normalized spacial score (nSPS) is 13.6. The lowest BCUT2D eigenvalue weighted by Crippen LogP contribution is -2.46. The zero-order valence-electron chi connectivity index (χ0n) is 14.0. The molecule has 0 unspecified atom stereocenters. The minimum Gasteiger partial charge on any atom is -0.267 e. The molecule has 25 heavy (non-hydrogen) atoms. The second-order valence-electron chi connectivity index (χ2n) is 6.12. The molecule has 1 heterocycles. The number of hydrogen-bond donors (Lipinski definition) is 1. The van der Waals surface area contributed by atoms with Gasteiger partial charge in [-0.2, -0.15) is 5.01 Å². The molecule has 0 fully saturated rings. The van der Waals surface area contributed by atoms with Gasteiger partial charge in [0, 0.05) is 5.56 Å². The van der Waals surface area contributed by atoms with Crippen LogP contribution in [0.2, 0.25) is 0 Å². The van der Waals surface area contributed by atoms with Crippen molar-refractivity contribution in [2.24, 2.45) is 5.92 Å². The molecule has 1 N–H and O–H groups in total. The minimum atomic E-state index is -0.524. The largest absolute Gasteiger partial charge is 0.280 e. The van der Waals surface area contributed by atoms with Crippen LogP contribution in [-0.4, -0.2) is 22.7 Å². The molecule has 1 aliphatic heterocycles. The summed E-state index contributed by atoms with van der Waals surface area (Å²) in [4.78, 5) is 37.3. The number of nitrogens with zero attached hydrogens (tertiary/aromatic N) is 1. The van der Waals surface area contributed by atoms with Crippen molar-refractivity contribution in [3.8, 4) is 0 Å². The predicted molar refractivity (Wildman–Crippen MR) is 94.7 cm³/mol. The molecule has 3 rings (SSSR count).